The van der Waals surface area contributed by atoms with Crippen molar-refractivity contribution >= 4 is 17.2 Å². The Balaban J connectivity index is 2.37. The van der Waals surface area contributed by atoms with Crippen LogP contribution in [0.1, 0.15) is 50.0 Å². The molecule has 2 atom stereocenters. The van der Waals surface area contributed by atoms with Gasteiger partial charge >= 0.3 is 0 Å². The van der Waals surface area contributed by atoms with Crippen LogP contribution in [0.2, 0.25) is 0 Å². The zero-order valence-electron chi connectivity index (χ0n) is 12.5. The Labute approximate surface area is 120 Å². The van der Waals surface area contributed by atoms with Crippen molar-refractivity contribution in [1.29, 1.82) is 0 Å². The maximum Gasteiger partial charge on any atom is 0.236 e. The van der Waals surface area contributed by atoms with E-state index >= 15 is 0 Å². The van der Waals surface area contributed by atoms with Crippen molar-refractivity contribution in [3.05, 3.63) is 16.1 Å². The van der Waals surface area contributed by atoms with E-state index in [1.54, 1.807) is 11.3 Å². The summed E-state index contributed by atoms with van der Waals surface area (Å²) in [5.41, 5.74) is 0. The van der Waals surface area contributed by atoms with Crippen LogP contribution in [-0.4, -0.2) is 23.5 Å². The topological polar surface area (TPSA) is 54.0 Å². The molecule has 0 fully saturated rings. The molecular weight excluding hydrogens is 258 g/mol. The number of rotatable bonds is 7. The highest BCUT2D eigenvalue weighted by molar-refractivity contribution is 7.11. The van der Waals surface area contributed by atoms with E-state index < -0.39 is 0 Å². The summed E-state index contributed by atoms with van der Waals surface area (Å²) < 4.78 is 0. The molecule has 2 N–H and O–H groups in total. The maximum atomic E-state index is 11.9. The summed E-state index contributed by atoms with van der Waals surface area (Å²) in [6.45, 7) is 11.0. The molecule has 0 radical (unpaired) electrons. The zero-order chi connectivity index (χ0) is 14.4. The smallest absolute Gasteiger partial charge is 0.236 e. The number of thiazole rings is 1. The Morgan fingerprint density at radius 3 is 2.58 bits per heavy atom. The van der Waals surface area contributed by atoms with Crippen molar-refractivity contribution in [3.8, 4) is 0 Å². The minimum atomic E-state index is -0.202. The van der Waals surface area contributed by atoms with Crippen molar-refractivity contribution in [2.45, 2.75) is 53.1 Å². The van der Waals surface area contributed by atoms with Gasteiger partial charge in [-0.25, -0.2) is 4.98 Å². The molecule has 0 aliphatic heterocycles. The van der Waals surface area contributed by atoms with Crippen LogP contribution in [0.3, 0.4) is 0 Å². The molecular formula is C14H25N3OS. The van der Waals surface area contributed by atoms with Crippen molar-refractivity contribution < 1.29 is 4.79 Å². The molecule has 1 aromatic heterocycles. The van der Waals surface area contributed by atoms with Gasteiger partial charge in [0.15, 0.2) is 0 Å². The first-order valence-corrected chi connectivity index (χ1v) is 7.68. The van der Waals surface area contributed by atoms with E-state index in [2.05, 4.69) is 29.5 Å². The number of carbonyl (C=O) groups is 1. The lowest BCUT2D eigenvalue weighted by Crippen LogP contribution is -2.43. The third-order valence-corrected chi connectivity index (χ3v) is 4.02. The maximum absolute atomic E-state index is 11.9. The molecule has 1 amide bonds. The molecule has 19 heavy (non-hydrogen) atoms. The van der Waals surface area contributed by atoms with E-state index in [0.717, 1.165) is 18.0 Å². The molecule has 0 saturated carbocycles. The van der Waals surface area contributed by atoms with Crippen LogP contribution in [0.15, 0.2) is 6.20 Å². The SMILES string of the molecule is Cc1cnc(C(C)NC(C)C(=O)NCCC(C)C)s1. The molecule has 4 nitrogen and oxygen atoms in total. The summed E-state index contributed by atoms with van der Waals surface area (Å²) in [7, 11) is 0. The predicted octanol–water partition coefficient (Wildman–Crippen LogP) is 2.65. The van der Waals surface area contributed by atoms with Crippen LogP contribution in [0, 0.1) is 12.8 Å². The zero-order valence-corrected chi connectivity index (χ0v) is 13.3. The molecule has 2 unspecified atom stereocenters. The summed E-state index contributed by atoms with van der Waals surface area (Å²) >= 11 is 1.67. The Morgan fingerprint density at radius 1 is 1.37 bits per heavy atom. The summed E-state index contributed by atoms with van der Waals surface area (Å²) in [4.78, 5) is 17.4. The first-order chi connectivity index (χ1) is 8.90. The van der Waals surface area contributed by atoms with Gasteiger partial charge < -0.3 is 5.32 Å². The highest BCUT2D eigenvalue weighted by Crippen LogP contribution is 2.19. The molecule has 1 rings (SSSR count). The second-order valence-corrected chi connectivity index (χ2v) is 6.66. The molecule has 1 heterocycles. The molecule has 108 valence electrons. The molecule has 0 aliphatic carbocycles. The van der Waals surface area contributed by atoms with Gasteiger partial charge in [-0.15, -0.1) is 11.3 Å². The fourth-order valence-electron chi connectivity index (χ4n) is 1.73. The van der Waals surface area contributed by atoms with E-state index in [4.69, 9.17) is 0 Å². The Kier molecular flexibility index (Phi) is 6.45. The minimum Gasteiger partial charge on any atom is -0.355 e. The van der Waals surface area contributed by atoms with Gasteiger partial charge in [0.05, 0.1) is 12.1 Å². The molecule has 0 spiro atoms. The molecule has 0 aliphatic rings. The number of hydrogen-bond acceptors (Lipinski definition) is 4. The Hall–Kier alpha value is -0.940. The fraction of sp³-hybridized carbons (Fsp3) is 0.714. The van der Waals surface area contributed by atoms with Crippen molar-refractivity contribution in [2.75, 3.05) is 6.54 Å². The van der Waals surface area contributed by atoms with Gasteiger partial charge in [0.1, 0.15) is 5.01 Å². The van der Waals surface area contributed by atoms with E-state index in [0.29, 0.717) is 5.92 Å². The number of nitrogens with one attached hydrogen (secondary N) is 2. The Morgan fingerprint density at radius 2 is 2.05 bits per heavy atom. The van der Waals surface area contributed by atoms with E-state index in [1.165, 1.54) is 4.88 Å². The number of aryl methyl sites for hydroxylation is 1. The third kappa shape index (κ3) is 5.70. The van der Waals surface area contributed by atoms with Crippen LogP contribution in [0.5, 0.6) is 0 Å². The van der Waals surface area contributed by atoms with E-state index in [9.17, 15) is 4.79 Å². The van der Waals surface area contributed by atoms with Crippen LogP contribution >= 0.6 is 11.3 Å². The highest BCUT2D eigenvalue weighted by Gasteiger charge is 2.17. The summed E-state index contributed by atoms with van der Waals surface area (Å²) in [6, 6.07) is -0.101. The standard InChI is InChI=1S/C14H25N3OS/c1-9(2)6-7-15-13(18)11(4)17-12(5)14-16-8-10(3)19-14/h8-9,11-12,17H,6-7H2,1-5H3,(H,15,18). The van der Waals surface area contributed by atoms with Gasteiger partial charge in [-0.2, -0.15) is 0 Å². The largest absolute Gasteiger partial charge is 0.355 e. The van der Waals surface area contributed by atoms with Gasteiger partial charge in [0.25, 0.3) is 0 Å². The number of hydrogen-bond donors (Lipinski definition) is 2. The van der Waals surface area contributed by atoms with Crippen molar-refractivity contribution in [1.82, 2.24) is 15.6 Å². The normalized spacial score (nSPS) is 14.4. The van der Waals surface area contributed by atoms with E-state index in [-0.39, 0.29) is 18.0 Å². The summed E-state index contributed by atoms with van der Waals surface area (Å²) in [5.74, 6) is 0.668. The van der Waals surface area contributed by atoms with Crippen LogP contribution in [0.25, 0.3) is 0 Å². The monoisotopic (exact) mass is 283 g/mol. The van der Waals surface area contributed by atoms with E-state index in [1.807, 2.05) is 27.0 Å². The lowest BCUT2D eigenvalue weighted by molar-refractivity contribution is -0.122. The number of amides is 1. The van der Waals surface area contributed by atoms with Gasteiger partial charge in [0, 0.05) is 17.6 Å². The van der Waals surface area contributed by atoms with Gasteiger partial charge in [-0.1, -0.05) is 13.8 Å². The van der Waals surface area contributed by atoms with Gasteiger partial charge in [0.2, 0.25) is 5.91 Å². The first-order valence-electron chi connectivity index (χ1n) is 6.86. The number of carbonyl (C=O) groups excluding carboxylic acids is 1. The van der Waals surface area contributed by atoms with Crippen LogP contribution in [-0.2, 0) is 4.79 Å². The summed E-state index contributed by atoms with van der Waals surface area (Å²) in [6.07, 6.45) is 2.88. The molecule has 5 heteroatoms. The number of aromatic nitrogens is 1. The lowest BCUT2D eigenvalue weighted by atomic mass is 10.1. The molecule has 0 aromatic carbocycles. The molecule has 0 saturated heterocycles. The average Bonchev–Trinajstić information content (AvgIpc) is 2.75. The molecule has 1 aromatic rings. The third-order valence-electron chi connectivity index (χ3n) is 2.92. The lowest BCUT2D eigenvalue weighted by Gasteiger charge is -2.18. The quantitative estimate of drug-likeness (QED) is 0.809. The average molecular weight is 283 g/mol. The fourth-order valence-corrected chi connectivity index (χ4v) is 2.52. The van der Waals surface area contributed by atoms with Crippen molar-refractivity contribution in [3.63, 3.8) is 0 Å². The highest BCUT2D eigenvalue weighted by atomic mass is 32.1. The van der Waals surface area contributed by atoms with Gasteiger partial charge in [-0.3, -0.25) is 10.1 Å². The first kappa shape index (κ1) is 16.1. The predicted molar refractivity (Wildman–Crippen MR) is 80.3 cm³/mol. The Bertz CT molecular complexity index is 403. The van der Waals surface area contributed by atoms with Crippen LogP contribution in [0.4, 0.5) is 0 Å². The van der Waals surface area contributed by atoms with Crippen molar-refractivity contribution in [2.24, 2.45) is 5.92 Å². The minimum absolute atomic E-state index is 0.0563. The van der Waals surface area contributed by atoms with Gasteiger partial charge in [-0.05, 0) is 33.1 Å². The second-order valence-electron chi connectivity index (χ2n) is 5.39. The molecule has 0 bridgehead atoms. The van der Waals surface area contributed by atoms with Crippen LogP contribution < -0.4 is 10.6 Å². The second kappa shape index (κ2) is 7.60. The number of nitrogens with zero attached hydrogens (tertiary/aromatic N) is 1. The summed E-state index contributed by atoms with van der Waals surface area (Å²) in [5, 5.41) is 7.27.